The molecule has 0 radical (unpaired) electrons. The SMILES string of the molecule is CCCOc1ccc(Cl)cc1NC(=O)C1CCCN1C(=O)c1cc(Cl)ccc1OC. The van der Waals surface area contributed by atoms with Gasteiger partial charge in [-0.05, 0) is 55.7 Å². The quantitative estimate of drug-likeness (QED) is 0.641. The first-order valence-corrected chi connectivity index (χ1v) is 10.6. The van der Waals surface area contributed by atoms with Gasteiger partial charge < -0.3 is 19.7 Å². The van der Waals surface area contributed by atoms with Gasteiger partial charge in [0.1, 0.15) is 17.5 Å². The molecule has 1 saturated heterocycles. The minimum atomic E-state index is -0.612. The van der Waals surface area contributed by atoms with Crippen molar-refractivity contribution < 1.29 is 19.1 Å². The van der Waals surface area contributed by atoms with E-state index in [1.165, 1.54) is 7.11 Å². The third kappa shape index (κ3) is 4.99. The summed E-state index contributed by atoms with van der Waals surface area (Å²) in [5, 5.41) is 3.79. The van der Waals surface area contributed by atoms with Crippen LogP contribution in [0.1, 0.15) is 36.5 Å². The fraction of sp³-hybridized carbons (Fsp3) is 0.364. The summed E-state index contributed by atoms with van der Waals surface area (Å²) in [5.41, 5.74) is 0.819. The summed E-state index contributed by atoms with van der Waals surface area (Å²) in [5.74, 6) is 0.383. The molecule has 3 rings (SSSR count). The lowest BCUT2D eigenvalue weighted by atomic mass is 10.1. The number of ether oxygens (including phenoxy) is 2. The maximum Gasteiger partial charge on any atom is 0.258 e. The van der Waals surface area contributed by atoms with Crippen LogP contribution in [-0.4, -0.2) is 43.0 Å². The number of amides is 2. The molecule has 160 valence electrons. The minimum Gasteiger partial charge on any atom is -0.496 e. The smallest absolute Gasteiger partial charge is 0.258 e. The van der Waals surface area contributed by atoms with Crippen molar-refractivity contribution in [3.05, 3.63) is 52.0 Å². The van der Waals surface area contributed by atoms with Crippen LogP contribution >= 0.6 is 23.2 Å². The Morgan fingerprint density at radius 2 is 1.83 bits per heavy atom. The molecule has 1 unspecified atom stereocenters. The van der Waals surface area contributed by atoms with Crippen molar-refractivity contribution in [3.8, 4) is 11.5 Å². The number of hydrogen-bond acceptors (Lipinski definition) is 4. The van der Waals surface area contributed by atoms with Crippen molar-refractivity contribution in [1.82, 2.24) is 4.90 Å². The molecule has 0 bridgehead atoms. The van der Waals surface area contributed by atoms with Crippen LogP contribution in [0.15, 0.2) is 36.4 Å². The van der Waals surface area contributed by atoms with E-state index in [4.69, 9.17) is 32.7 Å². The highest BCUT2D eigenvalue weighted by molar-refractivity contribution is 6.31. The van der Waals surface area contributed by atoms with Crippen LogP contribution in [0, 0.1) is 0 Å². The first-order chi connectivity index (χ1) is 14.4. The van der Waals surface area contributed by atoms with E-state index >= 15 is 0 Å². The lowest BCUT2D eigenvalue weighted by Crippen LogP contribution is -2.43. The van der Waals surface area contributed by atoms with Gasteiger partial charge in [0.25, 0.3) is 5.91 Å². The zero-order valence-electron chi connectivity index (χ0n) is 16.9. The summed E-state index contributed by atoms with van der Waals surface area (Å²) in [4.78, 5) is 27.8. The monoisotopic (exact) mass is 450 g/mol. The average molecular weight is 451 g/mol. The number of halogens is 2. The Labute approximate surface area is 186 Å². The molecule has 6 nitrogen and oxygen atoms in total. The fourth-order valence-electron chi connectivity index (χ4n) is 3.44. The zero-order valence-corrected chi connectivity index (χ0v) is 18.4. The third-order valence-corrected chi connectivity index (χ3v) is 5.34. The second-order valence-corrected chi connectivity index (χ2v) is 7.85. The van der Waals surface area contributed by atoms with Crippen molar-refractivity contribution >= 4 is 40.7 Å². The van der Waals surface area contributed by atoms with Crippen LogP contribution in [0.5, 0.6) is 11.5 Å². The van der Waals surface area contributed by atoms with E-state index in [1.54, 1.807) is 41.3 Å². The number of nitrogens with one attached hydrogen (secondary N) is 1. The first-order valence-electron chi connectivity index (χ1n) is 9.82. The van der Waals surface area contributed by atoms with E-state index in [0.717, 1.165) is 12.8 Å². The number of methoxy groups -OCH3 is 1. The average Bonchev–Trinajstić information content (AvgIpc) is 3.22. The fourth-order valence-corrected chi connectivity index (χ4v) is 3.78. The summed E-state index contributed by atoms with van der Waals surface area (Å²) in [7, 11) is 1.49. The minimum absolute atomic E-state index is 0.287. The molecule has 1 aliphatic rings. The van der Waals surface area contributed by atoms with Crippen LogP contribution in [0.25, 0.3) is 0 Å². The standard InChI is InChI=1S/C22H24Cl2N2O4/c1-3-11-30-20-9-7-15(24)13-17(20)25-21(27)18-5-4-10-26(18)22(28)16-12-14(23)6-8-19(16)29-2/h6-9,12-13,18H,3-5,10-11H2,1-2H3,(H,25,27). The molecular formula is C22H24Cl2N2O4. The summed E-state index contributed by atoms with van der Waals surface area (Å²) in [6.45, 7) is 2.99. The Balaban J connectivity index is 1.81. The number of nitrogens with zero attached hydrogens (tertiary/aromatic N) is 1. The molecule has 1 aliphatic heterocycles. The molecule has 1 fully saturated rings. The normalized spacial score (nSPS) is 15.7. The van der Waals surface area contributed by atoms with Crippen molar-refractivity contribution in [1.29, 1.82) is 0 Å². The maximum absolute atomic E-state index is 13.2. The van der Waals surface area contributed by atoms with Crippen LogP contribution in [0.3, 0.4) is 0 Å². The Morgan fingerprint density at radius 1 is 1.13 bits per heavy atom. The molecule has 0 spiro atoms. The third-order valence-electron chi connectivity index (χ3n) is 4.87. The molecule has 0 aromatic heterocycles. The van der Waals surface area contributed by atoms with Crippen molar-refractivity contribution in [2.45, 2.75) is 32.2 Å². The highest BCUT2D eigenvalue weighted by Crippen LogP contribution is 2.31. The summed E-state index contributed by atoms with van der Waals surface area (Å²) in [6.07, 6.45) is 2.12. The van der Waals surface area contributed by atoms with E-state index in [-0.39, 0.29) is 11.8 Å². The Hall–Kier alpha value is -2.44. The Kier molecular flexibility index (Phi) is 7.45. The van der Waals surface area contributed by atoms with Crippen LogP contribution in [0.4, 0.5) is 5.69 Å². The largest absolute Gasteiger partial charge is 0.496 e. The van der Waals surface area contributed by atoms with Gasteiger partial charge in [0, 0.05) is 16.6 Å². The van der Waals surface area contributed by atoms with Crippen LogP contribution < -0.4 is 14.8 Å². The van der Waals surface area contributed by atoms with E-state index in [0.29, 0.717) is 52.4 Å². The molecule has 2 aromatic rings. The van der Waals surface area contributed by atoms with E-state index in [1.807, 2.05) is 6.92 Å². The summed E-state index contributed by atoms with van der Waals surface area (Å²) < 4.78 is 11.0. The molecule has 1 N–H and O–H groups in total. The number of rotatable bonds is 7. The van der Waals surface area contributed by atoms with Gasteiger partial charge in [-0.2, -0.15) is 0 Å². The van der Waals surface area contributed by atoms with Gasteiger partial charge in [-0.15, -0.1) is 0 Å². The van der Waals surface area contributed by atoms with E-state index in [2.05, 4.69) is 5.32 Å². The second kappa shape index (κ2) is 10.0. The van der Waals surface area contributed by atoms with Crippen molar-refractivity contribution in [2.75, 3.05) is 25.6 Å². The predicted molar refractivity (Wildman–Crippen MR) is 118 cm³/mol. The lowest BCUT2D eigenvalue weighted by Gasteiger charge is -2.25. The van der Waals surface area contributed by atoms with Crippen LogP contribution in [0.2, 0.25) is 10.0 Å². The topological polar surface area (TPSA) is 67.9 Å². The first kappa shape index (κ1) is 22.2. The number of anilines is 1. The second-order valence-electron chi connectivity index (χ2n) is 6.98. The number of likely N-dealkylation sites (tertiary alicyclic amines) is 1. The molecule has 2 aromatic carbocycles. The number of hydrogen-bond donors (Lipinski definition) is 1. The molecule has 2 amide bonds. The van der Waals surface area contributed by atoms with Crippen molar-refractivity contribution in [2.24, 2.45) is 0 Å². The summed E-state index contributed by atoms with van der Waals surface area (Å²) in [6, 6.07) is 9.32. The number of carbonyl (C=O) groups excluding carboxylic acids is 2. The molecule has 1 heterocycles. The highest BCUT2D eigenvalue weighted by atomic mass is 35.5. The molecular weight excluding hydrogens is 427 g/mol. The molecule has 30 heavy (non-hydrogen) atoms. The maximum atomic E-state index is 13.2. The Morgan fingerprint density at radius 3 is 2.53 bits per heavy atom. The summed E-state index contributed by atoms with van der Waals surface area (Å²) >= 11 is 12.2. The van der Waals surface area contributed by atoms with Crippen LogP contribution in [-0.2, 0) is 4.79 Å². The van der Waals surface area contributed by atoms with Gasteiger partial charge in [-0.25, -0.2) is 0 Å². The number of carbonyl (C=O) groups is 2. The molecule has 0 aliphatic carbocycles. The van der Waals surface area contributed by atoms with Gasteiger partial charge in [-0.1, -0.05) is 30.1 Å². The van der Waals surface area contributed by atoms with Gasteiger partial charge in [0.2, 0.25) is 5.91 Å². The van der Waals surface area contributed by atoms with E-state index < -0.39 is 6.04 Å². The van der Waals surface area contributed by atoms with Gasteiger partial charge >= 0.3 is 0 Å². The Bertz CT molecular complexity index is 935. The van der Waals surface area contributed by atoms with E-state index in [9.17, 15) is 9.59 Å². The zero-order chi connectivity index (χ0) is 21.7. The predicted octanol–water partition coefficient (Wildman–Crippen LogP) is 5.03. The highest BCUT2D eigenvalue weighted by Gasteiger charge is 2.36. The van der Waals surface area contributed by atoms with Gasteiger partial charge in [-0.3, -0.25) is 9.59 Å². The van der Waals surface area contributed by atoms with Crippen molar-refractivity contribution in [3.63, 3.8) is 0 Å². The molecule has 8 heteroatoms. The number of benzene rings is 2. The van der Waals surface area contributed by atoms with Gasteiger partial charge in [0.05, 0.1) is 25.0 Å². The molecule has 0 saturated carbocycles. The molecule has 1 atom stereocenters. The lowest BCUT2D eigenvalue weighted by molar-refractivity contribution is -0.119. The van der Waals surface area contributed by atoms with Gasteiger partial charge in [0.15, 0.2) is 0 Å².